The lowest BCUT2D eigenvalue weighted by Gasteiger charge is -2.05. The van der Waals surface area contributed by atoms with Gasteiger partial charge in [-0.2, -0.15) is 0 Å². The maximum absolute atomic E-state index is 10.7. The summed E-state index contributed by atoms with van der Waals surface area (Å²) in [5.74, 6) is -1.12. The SMILES string of the molecule is COC(=O)CC(=O)OC(C)C. The van der Waals surface area contributed by atoms with Gasteiger partial charge in [0.15, 0.2) is 0 Å². The lowest BCUT2D eigenvalue weighted by Crippen LogP contribution is -2.16. The van der Waals surface area contributed by atoms with Crippen LogP contribution in [-0.4, -0.2) is 25.2 Å². The van der Waals surface area contributed by atoms with Gasteiger partial charge in [-0.1, -0.05) is 0 Å². The van der Waals surface area contributed by atoms with Crippen molar-refractivity contribution < 1.29 is 19.1 Å². The van der Waals surface area contributed by atoms with Gasteiger partial charge in [-0.3, -0.25) is 9.59 Å². The van der Waals surface area contributed by atoms with Crippen LogP contribution in [0.5, 0.6) is 0 Å². The number of carbonyl (C=O) groups excluding carboxylic acids is 2. The fourth-order valence-electron chi connectivity index (χ4n) is 0.495. The Morgan fingerprint density at radius 3 is 2.18 bits per heavy atom. The zero-order valence-corrected chi connectivity index (χ0v) is 6.92. The average molecular weight is 160 g/mol. The van der Waals surface area contributed by atoms with Gasteiger partial charge in [-0.25, -0.2) is 0 Å². The number of carbonyl (C=O) groups is 2. The summed E-state index contributed by atoms with van der Waals surface area (Å²) in [6.45, 7) is 3.43. The molecule has 0 saturated heterocycles. The fraction of sp³-hybridized carbons (Fsp3) is 0.714. The van der Waals surface area contributed by atoms with E-state index in [0.29, 0.717) is 0 Å². The first kappa shape index (κ1) is 9.94. The van der Waals surface area contributed by atoms with Crippen molar-refractivity contribution in [3.05, 3.63) is 0 Å². The first-order valence-electron chi connectivity index (χ1n) is 3.32. The standard InChI is InChI=1S/C7H12O4/c1-5(2)11-7(9)4-6(8)10-3/h5H,4H2,1-3H3. The van der Waals surface area contributed by atoms with Crippen molar-refractivity contribution in [2.75, 3.05) is 7.11 Å². The Hall–Kier alpha value is -1.06. The van der Waals surface area contributed by atoms with Crippen molar-refractivity contribution in [2.24, 2.45) is 0 Å². The molecular weight excluding hydrogens is 148 g/mol. The van der Waals surface area contributed by atoms with Crippen molar-refractivity contribution in [1.82, 2.24) is 0 Å². The Labute approximate surface area is 65.5 Å². The Kier molecular flexibility index (Phi) is 4.26. The number of hydrogen-bond acceptors (Lipinski definition) is 4. The van der Waals surface area contributed by atoms with Crippen LogP contribution in [0.2, 0.25) is 0 Å². The Morgan fingerprint density at radius 2 is 1.82 bits per heavy atom. The molecule has 0 aliphatic carbocycles. The molecule has 0 rings (SSSR count). The van der Waals surface area contributed by atoms with Crippen molar-refractivity contribution in [1.29, 1.82) is 0 Å². The molecule has 0 aromatic heterocycles. The molecule has 4 heteroatoms. The molecule has 0 amide bonds. The van der Waals surface area contributed by atoms with E-state index in [1.54, 1.807) is 13.8 Å². The molecule has 0 aromatic rings. The maximum atomic E-state index is 10.7. The van der Waals surface area contributed by atoms with Crippen LogP contribution in [0.4, 0.5) is 0 Å². The van der Waals surface area contributed by atoms with E-state index in [4.69, 9.17) is 0 Å². The molecule has 0 atom stereocenters. The molecule has 64 valence electrons. The van der Waals surface area contributed by atoms with Crippen LogP contribution in [0.3, 0.4) is 0 Å². The predicted molar refractivity (Wildman–Crippen MR) is 37.9 cm³/mol. The number of hydrogen-bond donors (Lipinski definition) is 0. The Morgan fingerprint density at radius 1 is 1.27 bits per heavy atom. The van der Waals surface area contributed by atoms with Gasteiger partial charge in [0.05, 0.1) is 13.2 Å². The summed E-state index contributed by atoms with van der Waals surface area (Å²) in [6.07, 6.45) is -0.499. The van der Waals surface area contributed by atoms with E-state index in [2.05, 4.69) is 9.47 Å². The van der Waals surface area contributed by atoms with Crippen LogP contribution >= 0.6 is 0 Å². The maximum Gasteiger partial charge on any atom is 0.317 e. The van der Waals surface area contributed by atoms with E-state index in [1.165, 1.54) is 7.11 Å². The van der Waals surface area contributed by atoms with E-state index < -0.39 is 11.9 Å². The highest BCUT2D eigenvalue weighted by Crippen LogP contribution is 1.93. The van der Waals surface area contributed by atoms with Crippen molar-refractivity contribution >= 4 is 11.9 Å². The predicted octanol–water partition coefficient (Wildman–Crippen LogP) is 0.501. The van der Waals surface area contributed by atoms with Gasteiger partial charge in [0.1, 0.15) is 6.42 Å². The Bertz CT molecular complexity index is 151. The van der Waals surface area contributed by atoms with E-state index in [0.717, 1.165) is 0 Å². The fourth-order valence-corrected chi connectivity index (χ4v) is 0.495. The summed E-state index contributed by atoms with van der Waals surface area (Å²) in [4.78, 5) is 21.2. The van der Waals surface area contributed by atoms with Crippen molar-refractivity contribution in [3.63, 3.8) is 0 Å². The van der Waals surface area contributed by atoms with Gasteiger partial charge in [0, 0.05) is 0 Å². The molecule has 0 bridgehead atoms. The van der Waals surface area contributed by atoms with Gasteiger partial charge < -0.3 is 9.47 Å². The first-order valence-corrected chi connectivity index (χ1v) is 3.32. The zero-order valence-electron chi connectivity index (χ0n) is 6.92. The number of esters is 2. The van der Waals surface area contributed by atoms with Gasteiger partial charge in [0.2, 0.25) is 0 Å². The molecule has 11 heavy (non-hydrogen) atoms. The highest BCUT2D eigenvalue weighted by molar-refractivity contribution is 5.91. The minimum Gasteiger partial charge on any atom is -0.469 e. The third-order valence-electron chi connectivity index (χ3n) is 0.883. The van der Waals surface area contributed by atoms with Crippen LogP contribution in [-0.2, 0) is 19.1 Å². The summed E-state index contributed by atoms with van der Waals surface area (Å²) in [5.41, 5.74) is 0. The molecule has 0 aliphatic heterocycles. The van der Waals surface area contributed by atoms with E-state index >= 15 is 0 Å². The van der Waals surface area contributed by atoms with Crippen LogP contribution in [0.25, 0.3) is 0 Å². The highest BCUT2D eigenvalue weighted by Gasteiger charge is 2.11. The van der Waals surface area contributed by atoms with Crippen LogP contribution in [0, 0.1) is 0 Å². The van der Waals surface area contributed by atoms with E-state index in [1.807, 2.05) is 0 Å². The summed E-state index contributed by atoms with van der Waals surface area (Å²) < 4.78 is 8.95. The lowest BCUT2D eigenvalue weighted by molar-refractivity contribution is -0.155. The molecule has 0 saturated carbocycles. The summed E-state index contributed by atoms with van der Waals surface area (Å²) in [5, 5.41) is 0. The van der Waals surface area contributed by atoms with Gasteiger partial charge in [-0.05, 0) is 13.8 Å². The molecular formula is C7H12O4. The van der Waals surface area contributed by atoms with Gasteiger partial charge in [0.25, 0.3) is 0 Å². The molecule has 0 unspecified atom stereocenters. The molecule has 0 heterocycles. The first-order chi connectivity index (χ1) is 5.06. The highest BCUT2D eigenvalue weighted by atomic mass is 16.6. The minimum atomic E-state index is -0.573. The molecule has 0 N–H and O–H groups in total. The average Bonchev–Trinajstić information content (AvgIpc) is 1.85. The molecule has 0 aromatic carbocycles. The number of rotatable bonds is 3. The van der Waals surface area contributed by atoms with Crippen LogP contribution in [0.15, 0.2) is 0 Å². The Balaban J connectivity index is 3.61. The molecule has 0 fully saturated rings. The topological polar surface area (TPSA) is 52.6 Å². The van der Waals surface area contributed by atoms with Crippen molar-refractivity contribution in [2.45, 2.75) is 26.4 Å². The summed E-state index contributed by atoms with van der Waals surface area (Å²) in [6, 6.07) is 0. The zero-order chi connectivity index (χ0) is 8.85. The second kappa shape index (κ2) is 4.71. The van der Waals surface area contributed by atoms with Gasteiger partial charge in [-0.15, -0.1) is 0 Å². The largest absolute Gasteiger partial charge is 0.469 e. The third kappa shape index (κ3) is 5.39. The molecule has 0 spiro atoms. The summed E-state index contributed by atoms with van der Waals surface area (Å²) in [7, 11) is 1.23. The minimum absolute atomic E-state index is 0.188. The number of methoxy groups -OCH3 is 1. The van der Waals surface area contributed by atoms with Crippen LogP contribution in [0.1, 0.15) is 20.3 Å². The number of ether oxygens (including phenoxy) is 2. The second-order valence-corrected chi connectivity index (χ2v) is 2.29. The van der Waals surface area contributed by atoms with Crippen molar-refractivity contribution in [3.8, 4) is 0 Å². The monoisotopic (exact) mass is 160 g/mol. The second-order valence-electron chi connectivity index (χ2n) is 2.29. The molecule has 0 radical (unpaired) electrons. The molecule has 0 aliphatic rings. The smallest absolute Gasteiger partial charge is 0.317 e. The van der Waals surface area contributed by atoms with Crippen LogP contribution < -0.4 is 0 Å². The third-order valence-corrected chi connectivity index (χ3v) is 0.883. The quantitative estimate of drug-likeness (QED) is 0.445. The normalized spacial score (nSPS) is 9.45. The van der Waals surface area contributed by atoms with E-state index in [-0.39, 0.29) is 12.5 Å². The summed E-state index contributed by atoms with van der Waals surface area (Å²) >= 11 is 0. The van der Waals surface area contributed by atoms with Gasteiger partial charge >= 0.3 is 11.9 Å². The molecule has 4 nitrogen and oxygen atoms in total. The lowest BCUT2D eigenvalue weighted by atomic mass is 10.4. The van der Waals surface area contributed by atoms with E-state index in [9.17, 15) is 9.59 Å².